The summed E-state index contributed by atoms with van der Waals surface area (Å²) in [6, 6.07) is 5.70. The lowest BCUT2D eigenvalue weighted by atomic mass is 9.99. The number of aromatic nitrogens is 2. The maximum absolute atomic E-state index is 13.2. The van der Waals surface area contributed by atoms with Crippen molar-refractivity contribution in [1.82, 2.24) is 20.0 Å². The predicted molar refractivity (Wildman–Crippen MR) is 127 cm³/mol. The lowest BCUT2D eigenvalue weighted by Crippen LogP contribution is -2.31. The van der Waals surface area contributed by atoms with E-state index in [2.05, 4.69) is 22.3 Å². The molecule has 176 valence electrons. The van der Waals surface area contributed by atoms with Gasteiger partial charge in [-0.3, -0.25) is 14.3 Å². The molecule has 0 bridgehead atoms. The first kappa shape index (κ1) is 23.0. The van der Waals surface area contributed by atoms with Gasteiger partial charge in [-0.1, -0.05) is 12.6 Å². The largest absolute Gasteiger partial charge is 0.465 e. The number of esters is 1. The van der Waals surface area contributed by atoms with Crippen molar-refractivity contribution in [3.05, 3.63) is 58.9 Å². The van der Waals surface area contributed by atoms with E-state index in [-0.39, 0.29) is 11.9 Å². The van der Waals surface area contributed by atoms with Crippen LogP contribution in [0.15, 0.2) is 36.7 Å². The molecule has 1 amide bonds. The van der Waals surface area contributed by atoms with E-state index in [1.807, 2.05) is 32.2 Å². The summed E-state index contributed by atoms with van der Waals surface area (Å²) in [6.07, 6.45) is 4.85. The smallest absolute Gasteiger partial charge is 0.306 e. The number of carbonyl (C=O) groups excluding carboxylic acids is 2. The lowest BCUT2D eigenvalue weighted by molar-refractivity contribution is -0.145. The highest BCUT2D eigenvalue weighted by molar-refractivity contribution is 5.95. The van der Waals surface area contributed by atoms with Crippen LogP contribution in [0.25, 0.3) is 0 Å². The van der Waals surface area contributed by atoms with Crippen molar-refractivity contribution in [1.29, 1.82) is 0 Å². The van der Waals surface area contributed by atoms with E-state index in [1.165, 1.54) is 0 Å². The van der Waals surface area contributed by atoms with Crippen LogP contribution in [0.3, 0.4) is 0 Å². The number of ether oxygens (including phenoxy) is 1. The minimum absolute atomic E-state index is 0.0503. The molecule has 0 spiro atoms. The Kier molecular flexibility index (Phi) is 7.13. The number of fused-ring (bicyclic) bond motifs is 1. The molecule has 2 aliphatic rings. The fourth-order valence-corrected chi connectivity index (χ4v) is 4.46. The molecule has 0 atom stereocenters. The predicted octanol–water partition coefficient (Wildman–Crippen LogP) is 2.79. The number of amides is 1. The van der Waals surface area contributed by atoms with Crippen molar-refractivity contribution in [2.45, 2.75) is 39.2 Å². The maximum Gasteiger partial charge on any atom is 0.306 e. The number of nitrogens with zero attached hydrogens (tertiary/aromatic N) is 3. The summed E-state index contributed by atoms with van der Waals surface area (Å²) < 4.78 is 7.24. The van der Waals surface area contributed by atoms with E-state index < -0.39 is 0 Å². The van der Waals surface area contributed by atoms with Gasteiger partial charge in [-0.05, 0) is 68.5 Å². The number of nitrogens with one attached hydrogen (secondary N) is 2. The Hall–Kier alpha value is -3.13. The van der Waals surface area contributed by atoms with E-state index in [0.717, 1.165) is 54.1 Å². The van der Waals surface area contributed by atoms with E-state index in [4.69, 9.17) is 4.74 Å². The first-order valence-electron chi connectivity index (χ1n) is 11.6. The van der Waals surface area contributed by atoms with Crippen LogP contribution in [0.5, 0.6) is 0 Å². The molecular weight excluding hydrogens is 418 g/mol. The summed E-state index contributed by atoms with van der Waals surface area (Å²) in [7, 11) is 1.86. The highest BCUT2D eigenvalue weighted by Crippen LogP contribution is 2.24. The van der Waals surface area contributed by atoms with E-state index in [9.17, 15) is 9.59 Å². The van der Waals surface area contributed by atoms with Crippen molar-refractivity contribution in [2.24, 2.45) is 13.0 Å². The summed E-state index contributed by atoms with van der Waals surface area (Å²) >= 11 is 0. The Bertz CT molecular complexity index is 1040. The molecule has 2 N–H and O–H groups in total. The van der Waals surface area contributed by atoms with Gasteiger partial charge in [-0.2, -0.15) is 5.10 Å². The van der Waals surface area contributed by atoms with Gasteiger partial charge in [0.15, 0.2) is 0 Å². The number of anilines is 1. The molecule has 0 aliphatic carbocycles. The highest BCUT2D eigenvalue weighted by atomic mass is 16.5. The van der Waals surface area contributed by atoms with E-state index in [0.29, 0.717) is 44.0 Å². The number of carbonyl (C=O) groups is 2. The van der Waals surface area contributed by atoms with Crippen molar-refractivity contribution in [2.75, 3.05) is 31.6 Å². The second-order valence-corrected chi connectivity index (χ2v) is 9.05. The van der Waals surface area contributed by atoms with Crippen LogP contribution in [0.4, 0.5) is 5.82 Å². The molecule has 8 heteroatoms. The normalized spacial score (nSPS) is 16.7. The number of piperidine rings is 1. The molecule has 2 aromatic rings. The van der Waals surface area contributed by atoms with Gasteiger partial charge >= 0.3 is 5.97 Å². The number of hydrogen-bond donors (Lipinski definition) is 2. The maximum atomic E-state index is 13.2. The number of aryl methyl sites for hydroxylation is 3. The minimum Gasteiger partial charge on any atom is -0.465 e. The molecule has 1 saturated heterocycles. The number of benzene rings is 1. The Morgan fingerprint density at radius 2 is 2.03 bits per heavy atom. The van der Waals surface area contributed by atoms with Gasteiger partial charge in [0.2, 0.25) is 0 Å². The second-order valence-electron chi connectivity index (χ2n) is 9.05. The number of rotatable bonds is 6. The standard InChI is InChI=1S/C25H33N5O3/c1-17-12-21(25(32)30-14-18(2)28-24-22(15-30)13-27-29(24)3)5-4-20(17)6-7-23(31)33-16-19-8-10-26-11-9-19/h4-5,12-13,19,26,28H,2,6-11,14-16H2,1,3H3. The SMILES string of the molecule is C=C1CN(C(=O)c2ccc(CCC(=O)OCC3CCNCC3)c(C)c2)Cc2cnn(C)c2N1. The third kappa shape index (κ3) is 5.63. The fourth-order valence-electron chi connectivity index (χ4n) is 4.46. The van der Waals surface area contributed by atoms with Gasteiger partial charge in [-0.25, -0.2) is 0 Å². The first-order chi connectivity index (χ1) is 15.9. The van der Waals surface area contributed by atoms with Crippen LogP contribution in [-0.4, -0.2) is 52.8 Å². The van der Waals surface area contributed by atoms with Crippen LogP contribution < -0.4 is 10.6 Å². The van der Waals surface area contributed by atoms with Crippen LogP contribution in [-0.2, 0) is 29.5 Å². The molecule has 8 nitrogen and oxygen atoms in total. The van der Waals surface area contributed by atoms with Crippen LogP contribution in [0, 0.1) is 12.8 Å². The summed E-state index contributed by atoms with van der Waals surface area (Å²) in [6.45, 7) is 9.43. The zero-order valence-electron chi connectivity index (χ0n) is 19.5. The Balaban J connectivity index is 1.34. The summed E-state index contributed by atoms with van der Waals surface area (Å²) in [5.41, 5.74) is 4.40. The topological polar surface area (TPSA) is 88.5 Å². The number of hydrogen-bond acceptors (Lipinski definition) is 6. The minimum atomic E-state index is -0.157. The molecule has 33 heavy (non-hydrogen) atoms. The molecule has 0 saturated carbocycles. The van der Waals surface area contributed by atoms with E-state index >= 15 is 0 Å². The first-order valence-corrected chi connectivity index (χ1v) is 11.6. The van der Waals surface area contributed by atoms with Gasteiger partial charge in [0, 0.05) is 30.3 Å². The molecule has 0 unspecified atom stereocenters. The summed E-state index contributed by atoms with van der Waals surface area (Å²) in [4.78, 5) is 27.2. The Labute approximate surface area is 195 Å². The molecular formula is C25H33N5O3. The van der Waals surface area contributed by atoms with Crippen molar-refractivity contribution in [3.8, 4) is 0 Å². The zero-order chi connectivity index (χ0) is 23.4. The van der Waals surface area contributed by atoms with Crippen molar-refractivity contribution >= 4 is 17.7 Å². The molecule has 3 heterocycles. The molecule has 1 fully saturated rings. The van der Waals surface area contributed by atoms with Crippen LogP contribution in [0.2, 0.25) is 0 Å². The van der Waals surface area contributed by atoms with Crippen LogP contribution >= 0.6 is 0 Å². The molecule has 1 aromatic heterocycles. The molecule has 1 aromatic carbocycles. The quantitative estimate of drug-likeness (QED) is 0.657. The molecule has 4 rings (SSSR count). The third-order valence-electron chi connectivity index (χ3n) is 6.47. The fraction of sp³-hybridized carbons (Fsp3) is 0.480. The van der Waals surface area contributed by atoms with Gasteiger partial charge in [0.1, 0.15) is 5.82 Å². The Morgan fingerprint density at radius 1 is 1.24 bits per heavy atom. The van der Waals surface area contributed by atoms with Gasteiger partial charge in [0.05, 0.1) is 25.9 Å². The average Bonchev–Trinajstić information content (AvgIpc) is 3.05. The van der Waals surface area contributed by atoms with Crippen molar-refractivity contribution < 1.29 is 14.3 Å². The molecule has 0 radical (unpaired) electrons. The molecule has 2 aliphatic heterocycles. The van der Waals surface area contributed by atoms with Gasteiger partial charge in [-0.15, -0.1) is 0 Å². The van der Waals surface area contributed by atoms with Gasteiger partial charge < -0.3 is 20.3 Å². The van der Waals surface area contributed by atoms with Gasteiger partial charge in [0.25, 0.3) is 5.91 Å². The summed E-state index contributed by atoms with van der Waals surface area (Å²) in [5.74, 6) is 1.13. The summed E-state index contributed by atoms with van der Waals surface area (Å²) in [5, 5.41) is 10.8. The highest BCUT2D eigenvalue weighted by Gasteiger charge is 2.24. The monoisotopic (exact) mass is 451 g/mol. The average molecular weight is 452 g/mol. The Morgan fingerprint density at radius 3 is 2.79 bits per heavy atom. The van der Waals surface area contributed by atoms with Crippen LogP contribution in [0.1, 0.15) is 46.3 Å². The van der Waals surface area contributed by atoms with Crippen molar-refractivity contribution in [3.63, 3.8) is 0 Å². The second kappa shape index (κ2) is 10.2. The lowest BCUT2D eigenvalue weighted by Gasteiger charge is -2.22. The van der Waals surface area contributed by atoms with E-state index in [1.54, 1.807) is 15.8 Å². The third-order valence-corrected chi connectivity index (χ3v) is 6.47. The zero-order valence-corrected chi connectivity index (χ0v) is 19.5.